The van der Waals surface area contributed by atoms with Gasteiger partial charge in [0.05, 0.1) is 14.1 Å². The van der Waals surface area contributed by atoms with Crippen LogP contribution in [0.4, 0.5) is 5.69 Å². The number of hydrogen-bond acceptors (Lipinski definition) is 1. The molecule has 0 aliphatic carbocycles. The first-order chi connectivity index (χ1) is 5.24. The Hall–Kier alpha value is -1.15. The van der Waals surface area contributed by atoms with Gasteiger partial charge in [-0.1, -0.05) is 0 Å². The zero-order chi connectivity index (χ0) is 8.27. The molecule has 1 N–H and O–H groups in total. The number of hydrogen-bond donors (Lipinski definition) is 1. The van der Waals surface area contributed by atoms with Crippen LogP contribution in [-0.2, 0) is 0 Å². The molecule has 0 saturated heterocycles. The van der Waals surface area contributed by atoms with Gasteiger partial charge in [0.25, 0.3) is 0 Å². The van der Waals surface area contributed by atoms with Crippen molar-refractivity contribution in [2.45, 2.75) is 0 Å². The summed E-state index contributed by atoms with van der Waals surface area (Å²) in [7, 11) is 4.10. The van der Waals surface area contributed by atoms with E-state index in [1.54, 1.807) is 0 Å². The Morgan fingerprint density at radius 1 is 1.18 bits per heavy atom. The maximum absolute atomic E-state index is 10.3. The van der Waals surface area contributed by atoms with Gasteiger partial charge in [-0.15, -0.1) is 0 Å². The fourth-order valence-corrected chi connectivity index (χ4v) is 0.895. The lowest BCUT2D eigenvalue weighted by molar-refractivity contribution is -0.786. The maximum atomic E-state index is 10.3. The van der Waals surface area contributed by atoms with Gasteiger partial charge in [0, 0.05) is 5.56 Å². The first-order valence-electron chi connectivity index (χ1n) is 3.60. The first-order valence-corrected chi connectivity index (χ1v) is 3.60. The summed E-state index contributed by atoms with van der Waals surface area (Å²) in [6.07, 6.45) is 0.856. The number of rotatable bonds is 2. The lowest BCUT2D eigenvalue weighted by Crippen LogP contribution is -3.00. The average molecular weight is 150 g/mol. The van der Waals surface area contributed by atoms with E-state index in [0.29, 0.717) is 0 Å². The van der Waals surface area contributed by atoms with Crippen molar-refractivity contribution in [1.29, 1.82) is 0 Å². The van der Waals surface area contributed by atoms with Crippen LogP contribution in [-0.4, -0.2) is 20.4 Å². The van der Waals surface area contributed by atoms with Crippen molar-refractivity contribution in [3.8, 4) is 0 Å². The Morgan fingerprint density at radius 3 is 2.09 bits per heavy atom. The van der Waals surface area contributed by atoms with Gasteiger partial charge in [-0.3, -0.25) is 4.79 Å². The zero-order valence-electron chi connectivity index (χ0n) is 6.79. The van der Waals surface area contributed by atoms with Crippen LogP contribution < -0.4 is 4.90 Å². The summed E-state index contributed by atoms with van der Waals surface area (Å²) in [4.78, 5) is 11.5. The van der Waals surface area contributed by atoms with E-state index in [1.807, 2.05) is 24.3 Å². The Balaban J connectivity index is 2.91. The lowest BCUT2D eigenvalue weighted by Gasteiger charge is -2.04. The molecule has 0 unspecified atom stereocenters. The third-order valence-corrected chi connectivity index (χ3v) is 1.62. The number of benzene rings is 1. The van der Waals surface area contributed by atoms with E-state index < -0.39 is 0 Å². The predicted octanol–water partition coefficient (Wildman–Crippen LogP) is 0.275. The summed E-state index contributed by atoms with van der Waals surface area (Å²) < 4.78 is 0. The molecule has 1 rings (SSSR count). The molecule has 0 fully saturated rings. The van der Waals surface area contributed by atoms with Crippen molar-refractivity contribution in [3.63, 3.8) is 0 Å². The molecular formula is C9H12NO+. The second kappa shape index (κ2) is 3.30. The molecule has 0 saturated carbocycles. The van der Waals surface area contributed by atoms with E-state index in [4.69, 9.17) is 0 Å². The van der Waals surface area contributed by atoms with Crippen LogP contribution in [0.2, 0.25) is 0 Å². The van der Waals surface area contributed by atoms with Gasteiger partial charge >= 0.3 is 0 Å². The highest BCUT2D eigenvalue weighted by Gasteiger charge is 1.97. The van der Waals surface area contributed by atoms with Crippen molar-refractivity contribution >= 4 is 12.0 Å². The molecule has 2 nitrogen and oxygen atoms in total. The Bertz CT molecular complexity index is 238. The molecule has 0 atom stereocenters. The van der Waals surface area contributed by atoms with Gasteiger partial charge in [0.15, 0.2) is 0 Å². The molecule has 1 aromatic rings. The normalized spacial score (nSPS) is 10.1. The van der Waals surface area contributed by atoms with Crippen LogP contribution in [0.1, 0.15) is 10.4 Å². The van der Waals surface area contributed by atoms with Crippen molar-refractivity contribution in [2.75, 3.05) is 14.1 Å². The summed E-state index contributed by atoms with van der Waals surface area (Å²) >= 11 is 0. The average Bonchev–Trinajstić information content (AvgIpc) is 2.05. The fourth-order valence-electron chi connectivity index (χ4n) is 0.895. The lowest BCUT2D eigenvalue weighted by atomic mass is 10.2. The molecule has 0 aromatic heterocycles. The zero-order valence-corrected chi connectivity index (χ0v) is 6.79. The fraction of sp³-hybridized carbons (Fsp3) is 0.222. The molecule has 1 aromatic carbocycles. The number of carbonyl (C=O) groups excluding carboxylic acids is 1. The van der Waals surface area contributed by atoms with E-state index in [9.17, 15) is 4.79 Å². The van der Waals surface area contributed by atoms with Crippen LogP contribution in [0.3, 0.4) is 0 Å². The van der Waals surface area contributed by atoms with Crippen LogP contribution in [0, 0.1) is 0 Å². The van der Waals surface area contributed by atoms with Crippen molar-refractivity contribution < 1.29 is 9.69 Å². The second-order valence-corrected chi connectivity index (χ2v) is 2.74. The maximum Gasteiger partial charge on any atom is 0.150 e. The van der Waals surface area contributed by atoms with Gasteiger partial charge in [0.1, 0.15) is 12.0 Å². The van der Waals surface area contributed by atoms with E-state index >= 15 is 0 Å². The predicted molar refractivity (Wildman–Crippen MR) is 44.3 cm³/mol. The highest BCUT2D eigenvalue weighted by molar-refractivity contribution is 5.75. The SMILES string of the molecule is C[NH+](C)c1ccc(C=O)cc1. The Morgan fingerprint density at radius 2 is 1.73 bits per heavy atom. The molecule has 0 aliphatic heterocycles. The molecule has 11 heavy (non-hydrogen) atoms. The topological polar surface area (TPSA) is 21.5 Å². The molecule has 0 bridgehead atoms. The third-order valence-electron chi connectivity index (χ3n) is 1.62. The summed E-state index contributed by atoms with van der Waals surface area (Å²) in [5.74, 6) is 0. The monoisotopic (exact) mass is 150 g/mol. The molecule has 0 spiro atoms. The highest BCUT2D eigenvalue weighted by Crippen LogP contribution is 2.01. The van der Waals surface area contributed by atoms with Crippen molar-refractivity contribution in [1.82, 2.24) is 0 Å². The van der Waals surface area contributed by atoms with E-state index in [2.05, 4.69) is 14.1 Å². The van der Waals surface area contributed by atoms with Crippen LogP contribution >= 0.6 is 0 Å². The minimum atomic E-state index is 0.731. The van der Waals surface area contributed by atoms with Crippen LogP contribution in [0.25, 0.3) is 0 Å². The van der Waals surface area contributed by atoms with Gasteiger partial charge in [-0.25, -0.2) is 0 Å². The van der Waals surface area contributed by atoms with Crippen molar-refractivity contribution in [2.24, 2.45) is 0 Å². The van der Waals surface area contributed by atoms with Crippen LogP contribution in [0.5, 0.6) is 0 Å². The molecule has 0 heterocycles. The molecule has 0 radical (unpaired) electrons. The highest BCUT2D eigenvalue weighted by atomic mass is 16.1. The molecule has 2 heteroatoms. The van der Waals surface area contributed by atoms with Gasteiger partial charge in [0.2, 0.25) is 0 Å². The first kappa shape index (κ1) is 7.95. The van der Waals surface area contributed by atoms with E-state index in [1.165, 1.54) is 10.6 Å². The summed E-state index contributed by atoms with van der Waals surface area (Å²) in [5, 5.41) is 0. The van der Waals surface area contributed by atoms with Crippen molar-refractivity contribution in [3.05, 3.63) is 29.8 Å². The number of aldehydes is 1. The standard InChI is InChI=1S/C9H11NO/c1-10(2)9-5-3-8(7-11)4-6-9/h3-7H,1-2H3/p+1. The van der Waals surface area contributed by atoms with Gasteiger partial charge in [-0.2, -0.15) is 0 Å². The third kappa shape index (κ3) is 1.88. The Labute approximate surface area is 66.4 Å². The van der Waals surface area contributed by atoms with E-state index in [-0.39, 0.29) is 0 Å². The van der Waals surface area contributed by atoms with Crippen LogP contribution in [0.15, 0.2) is 24.3 Å². The second-order valence-electron chi connectivity index (χ2n) is 2.74. The number of nitrogens with one attached hydrogen (secondary N) is 1. The smallest absolute Gasteiger partial charge is 0.150 e. The number of carbonyl (C=O) groups is 1. The van der Waals surface area contributed by atoms with Gasteiger partial charge in [-0.05, 0) is 24.3 Å². The Kier molecular flexibility index (Phi) is 2.39. The molecule has 0 amide bonds. The minimum absolute atomic E-state index is 0.731. The summed E-state index contributed by atoms with van der Waals surface area (Å²) in [5.41, 5.74) is 1.92. The van der Waals surface area contributed by atoms with E-state index in [0.717, 1.165) is 11.8 Å². The molecular weight excluding hydrogens is 138 g/mol. The summed E-state index contributed by atoms with van der Waals surface area (Å²) in [6, 6.07) is 7.57. The molecule has 58 valence electrons. The quantitative estimate of drug-likeness (QED) is 0.601. The van der Waals surface area contributed by atoms with Gasteiger partial charge < -0.3 is 4.90 Å². The minimum Gasteiger partial charge on any atom is -0.307 e. The molecule has 0 aliphatic rings. The number of quaternary nitrogens is 1. The largest absolute Gasteiger partial charge is 0.307 e. The summed E-state index contributed by atoms with van der Waals surface area (Å²) in [6.45, 7) is 0.